The Labute approximate surface area is 564 Å². The maximum atomic E-state index is 13.1. The van der Waals surface area contributed by atoms with Gasteiger partial charge in [0, 0.05) is 46.0 Å². The summed E-state index contributed by atoms with van der Waals surface area (Å²) in [5.41, 5.74) is 5.84. The number of amides is 1. The first-order valence-electron chi connectivity index (χ1n) is 33.8. The van der Waals surface area contributed by atoms with Crippen molar-refractivity contribution in [1.82, 2.24) is 5.32 Å². The van der Waals surface area contributed by atoms with E-state index >= 15 is 0 Å². The number of ether oxygens (including phenoxy) is 14. The predicted molar refractivity (Wildman–Crippen MR) is 334 cm³/mol. The molecule has 0 bridgehead atoms. The molecule has 0 saturated carbocycles. The molecule has 1 amide bonds. The van der Waals surface area contributed by atoms with E-state index in [4.69, 9.17) is 66.3 Å². The molecule has 5 fully saturated rings. The van der Waals surface area contributed by atoms with Gasteiger partial charge in [-0.3, -0.25) is 4.79 Å². The molecule has 0 aromatic heterocycles. The Morgan fingerprint density at radius 3 is 1.26 bits per heavy atom. The number of hydrogen-bond donors (Lipinski definition) is 17. The van der Waals surface area contributed by atoms with E-state index in [1.807, 2.05) is 0 Å². The van der Waals surface area contributed by atoms with Gasteiger partial charge in [-0.05, 0) is 85.6 Å². The Kier molecular flexibility index (Phi) is 34.6. The highest BCUT2D eigenvalue weighted by Gasteiger charge is 2.51. The van der Waals surface area contributed by atoms with Crippen LogP contribution in [0.1, 0.15) is 94.2 Å². The molecule has 0 aromatic carbocycles. The van der Waals surface area contributed by atoms with Crippen LogP contribution < -0.4 is 5.32 Å². The van der Waals surface area contributed by atoms with Gasteiger partial charge in [-0.1, -0.05) is 57.0 Å². The molecule has 0 unspecified atom stereocenters. The molecule has 7 rings (SSSR count). The van der Waals surface area contributed by atoms with Crippen LogP contribution in [0.15, 0.2) is 30.3 Å². The van der Waals surface area contributed by atoms with Crippen molar-refractivity contribution < 1.29 is 153 Å². The summed E-state index contributed by atoms with van der Waals surface area (Å²) in [5.74, 6) is 0.287. The minimum Gasteiger partial charge on any atom is -0.394 e. The quantitative estimate of drug-likeness (QED) is 0.0279. The maximum absolute atomic E-state index is 13.1. The first kappa shape index (κ1) is 81.3. The van der Waals surface area contributed by atoms with Crippen LogP contribution in [0.5, 0.6) is 0 Å². The third kappa shape index (κ3) is 22.7. The summed E-state index contributed by atoms with van der Waals surface area (Å²) in [7, 11) is 0. The molecule has 0 radical (unpaired) electrons. The summed E-state index contributed by atoms with van der Waals surface area (Å²) < 4.78 is 84.3. The highest BCUT2D eigenvalue weighted by molar-refractivity contribution is 5.78. The topological polar surface area (TPSA) is 482 Å². The lowest BCUT2D eigenvalue weighted by molar-refractivity contribution is -0.326. The van der Waals surface area contributed by atoms with Crippen molar-refractivity contribution in [3.05, 3.63) is 47.0 Å². The molecule has 32 nitrogen and oxygen atoms in total. The minimum absolute atomic E-state index is 0.00113. The highest BCUT2D eigenvalue weighted by atomic mass is 16.7. The molecule has 25 atom stereocenters. The lowest BCUT2D eigenvalue weighted by Crippen LogP contribution is -2.62. The number of unbranched alkanes of at least 4 members (excludes halogenated alkanes) is 3. The van der Waals surface area contributed by atoms with E-state index in [-0.39, 0.29) is 97.7 Å². The van der Waals surface area contributed by atoms with Crippen molar-refractivity contribution in [2.24, 2.45) is 0 Å². The summed E-state index contributed by atoms with van der Waals surface area (Å²) in [5, 5.41) is 167. The van der Waals surface area contributed by atoms with Crippen LogP contribution in [-0.4, -0.2) is 340 Å². The van der Waals surface area contributed by atoms with Crippen LogP contribution in [0.25, 0.3) is 11.1 Å². The Bertz CT molecular complexity index is 2490. The van der Waals surface area contributed by atoms with Gasteiger partial charge in [0.25, 0.3) is 0 Å². The number of aliphatic hydroxyl groups is 16. The van der Waals surface area contributed by atoms with E-state index < -0.39 is 180 Å². The zero-order valence-electron chi connectivity index (χ0n) is 55.4. The molecule has 5 aliphatic heterocycles. The van der Waals surface area contributed by atoms with Gasteiger partial charge in [0.1, 0.15) is 122 Å². The summed E-state index contributed by atoms with van der Waals surface area (Å²) in [6, 6.07) is 10.7. The fourth-order valence-corrected chi connectivity index (χ4v) is 12.0. The molecular formula is C65H107NO31. The average Bonchev–Trinajstić information content (AvgIpc) is 1.71. The first-order chi connectivity index (χ1) is 46.6. The van der Waals surface area contributed by atoms with E-state index in [0.29, 0.717) is 44.6 Å². The second kappa shape index (κ2) is 41.3. The summed E-state index contributed by atoms with van der Waals surface area (Å²) >= 11 is 0. The van der Waals surface area contributed by atoms with Crippen molar-refractivity contribution >= 4 is 5.91 Å². The molecule has 5 heterocycles. The Morgan fingerprint density at radius 2 is 0.804 bits per heavy atom. The third-order valence-electron chi connectivity index (χ3n) is 17.9. The second-order valence-electron chi connectivity index (χ2n) is 25.4. The van der Waals surface area contributed by atoms with Crippen molar-refractivity contribution in [2.75, 3.05) is 99.0 Å². The number of nitrogens with one attached hydrogen (secondary N) is 1. The maximum Gasteiger partial charge on any atom is 0.220 e. The van der Waals surface area contributed by atoms with Crippen molar-refractivity contribution in [1.29, 1.82) is 0 Å². The summed E-state index contributed by atoms with van der Waals surface area (Å²) in [4.78, 5) is 13.1. The summed E-state index contributed by atoms with van der Waals surface area (Å²) in [6.45, 7) is 3.24. The van der Waals surface area contributed by atoms with E-state index in [1.165, 1.54) is 16.7 Å². The fraction of sp³-hybridized carbons (Fsp3) is 0.831. The zero-order chi connectivity index (χ0) is 70.3. The van der Waals surface area contributed by atoms with E-state index in [0.717, 1.165) is 17.5 Å². The van der Waals surface area contributed by atoms with Crippen LogP contribution in [0.2, 0.25) is 0 Å². The molecule has 2 aliphatic carbocycles. The van der Waals surface area contributed by atoms with Gasteiger partial charge < -0.3 is 153 Å². The monoisotopic (exact) mass is 1400 g/mol. The van der Waals surface area contributed by atoms with Crippen LogP contribution >= 0.6 is 0 Å². The lowest BCUT2D eigenvalue weighted by Gasteiger charge is -2.46. The molecule has 7 aliphatic rings. The number of rotatable bonds is 41. The van der Waals surface area contributed by atoms with Gasteiger partial charge in [0.15, 0.2) is 31.5 Å². The van der Waals surface area contributed by atoms with E-state index in [1.54, 1.807) is 0 Å². The number of aryl methyl sites for hydroxylation is 2. The van der Waals surface area contributed by atoms with Crippen molar-refractivity contribution in [3.63, 3.8) is 0 Å². The van der Waals surface area contributed by atoms with Crippen molar-refractivity contribution in [3.8, 4) is 11.1 Å². The van der Waals surface area contributed by atoms with Gasteiger partial charge >= 0.3 is 0 Å². The number of aliphatic hydroxyl groups excluding tert-OH is 16. The Balaban J connectivity index is 1.04. The lowest BCUT2D eigenvalue weighted by atomic mass is 9.98. The minimum atomic E-state index is -1.70. The SMILES string of the molecule is Cc1ccc2c(CCC(=O)NCCCCCCO[C@H]3O[C@H](COCCCO[C@H]4O[C@H](CO)[C@@H](O)[C@H](O)[C@@H]4O)[C@@H](OCCCO[C@H]4O[C@H](CO)[C@@H](O)[C@H](O)[C@@H]4O)[C@H](OCCCO[C@H]4O[C@H](CO)[C@@H](O)[C@H](O)[C@@H]4O)[C@H]3OCCCO[C@H]3O[C@H](CO)[C@@H](O)[C@H](O)[C@@H]3O)ccc(C(C)C)cc1-2. The second-order valence-corrected chi connectivity index (χ2v) is 25.4. The van der Waals surface area contributed by atoms with Gasteiger partial charge in [0.2, 0.25) is 5.91 Å². The van der Waals surface area contributed by atoms with Gasteiger partial charge in [0.05, 0.1) is 59.5 Å². The molecule has 32 heteroatoms. The molecule has 558 valence electrons. The standard InChI is InChI=1S/C65H107NO31/c1-34(2)37-14-13-36(38-16-12-35(3)39(38)28-37)15-17-45(71)66-18-6-4-5-7-20-92-65-60(87-23-11-27-91-64-57(83)53(79)49(75)43(32-70)96-64)59(86-22-10-26-90-63-56(82)52(78)48(74)42(31-69)95-63)58(85-21-9-25-89-62-55(81)51(77)47(73)41(30-68)94-62)44(97-65)33-84-19-8-24-88-61-54(80)50(76)46(72)40(29-67)93-61/h12-14,16,28,34,40-44,46-65,67-70,72-83H,4-11,15,17-27,29-33H2,1-3H3,(H,66,71)/t40-,41-,42-,43-,44-,46-,47-,48-,49-,50+,51+,52+,53+,54+,55+,56+,57+,58-,59+,60-,61+,62+,63+,64+,65+/m1/s1. The van der Waals surface area contributed by atoms with Crippen LogP contribution in [0, 0.1) is 6.92 Å². The van der Waals surface area contributed by atoms with Gasteiger partial charge in [-0.15, -0.1) is 0 Å². The fourth-order valence-electron chi connectivity index (χ4n) is 12.0. The number of carbonyl (C=O) groups is 1. The summed E-state index contributed by atoms with van der Waals surface area (Å²) in [6.07, 6.45) is -32.1. The van der Waals surface area contributed by atoms with Crippen LogP contribution in [-0.2, 0) is 77.5 Å². The number of carbonyl (C=O) groups excluding carboxylic acids is 1. The van der Waals surface area contributed by atoms with E-state index in [9.17, 15) is 86.5 Å². The number of fused-ring (bicyclic) bond motifs is 1. The highest BCUT2D eigenvalue weighted by Crippen LogP contribution is 2.35. The largest absolute Gasteiger partial charge is 0.394 e. The molecule has 97 heavy (non-hydrogen) atoms. The molecule has 5 saturated heterocycles. The molecular weight excluding hydrogens is 1290 g/mol. The van der Waals surface area contributed by atoms with Gasteiger partial charge in [-0.2, -0.15) is 0 Å². The molecule has 17 N–H and O–H groups in total. The third-order valence-corrected chi connectivity index (χ3v) is 17.9. The normalized spacial score (nSPS) is 35.8. The Hall–Kier alpha value is -3.03. The first-order valence-corrected chi connectivity index (χ1v) is 33.8. The Morgan fingerprint density at radius 1 is 0.412 bits per heavy atom. The number of hydrogen-bond acceptors (Lipinski definition) is 31. The van der Waals surface area contributed by atoms with Crippen molar-refractivity contribution in [2.45, 2.75) is 244 Å². The van der Waals surface area contributed by atoms with Crippen LogP contribution in [0.4, 0.5) is 0 Å². The molecule has 0 spiro atoms. The zero-order valence-corrected chi connectivity index (χ0v) is 55.4. The van der Waals surface area contributed by atoms with Gasteiger partial charge in [-0.25, -0.2) is 0 Å². The molecule has 0 aromatic rings. The average molecular weight is 1400 g/mol. The van der Waals surface area contributed by atoms with E-state index in [2.05, 4.69) is 56.4 Å². The van der Waals surface area contributed by atoms with Crippen LogP contribution in [0.3, 0.4) is 0 Å². The smallest absolute Gasteiger partial charge is 0.220 e. The predicted octanol–water partition coefficient (Wildman–Crippen LogP) is -4.43.